The predicted molar refractivity (Wildman–Crippen MR) is 49.5 cm³/mol. The third kappa shape index (κ3) is 2.58. The third-order valence-electron chi connectivity index (χ3n) is 1.68. The van der Waals surface area contributed by atoms with E-state index in [1.807, 2.05) is 0 Å². The number of hydrogen-bond acceptors (Lipinski definition) is 3. The van der Waals surface area contributed by atoms with E-state index in [2.05, 4.69) is 0 Å². The van der Waals surface area contributed by atoms with E-state index >= 15 is 0 Å². The van der Waals surface area contributed by atoms with Gasteiger partial charge in [0.2, 0.25) is 0 Å². The van der Waals surface area contributed by atoms with Crippen molar-refractivity contribution in [1.29, 1.82) is 0 Å². The molecule has 1 rings (SSSR count). The number of phenols is 1. The lowest BCUT2D eigenvalue weighted by Crippen LogP contribution is -2.01. The second-order valence-corrected chi connectivity index (χ2v) is 3.07. The maximum absolute atomic E-state index is 10.8. The molecule has 0 saturated heterocycles. The highest BCUT2D eigenvalue weighted by Crippen LogP contribution is 2.16. The molecule has 0 aliphatic heterocycles. The van der Waals surface area contributed by atoms with Crippen molar-refractivity contribution in [3.8, 4) is 5.75 Å². The Labute approximate surface area is 80.8 Å². The standard InChI is InChI=1S/C10H10O4/c1-6(11)2-7-3-8(10(13)14)5-9(12)4-7/h3-5,12H,2H2,1H3,(H,13,14). The summed E-state index contributed by atoms with van der Waals surface area (Å²) < 4.78 is 0. The maximum atomic E-state index is 10.8. The van der Waals surface area contributed by atoms with Gasteiger partial charge in [-0.15, -0.1) is 0 Å². The fourth-order valence-corrected chi connectivity index (χ4v) is 1.19. The highest BCUT2D eigenvalue weighted by Gasteiger charge is 2.07. The number of carboxylic acids is 1. The van der Waals surface area contributed by atoms with Gasteiger partial charge in [0.05, 0.1) is 5.56 Å². The Morgan fingerprint density at radius 1 is 1.29 bits per heavy atom. The molecule has 0 aromatic heterocycles. The highest BCUT2D eigenvalue weighted by molar-refractivity contribution is 5.89. The zero-order valence-electron chi connectivity index (χ0n) is 7.65. The zero-order chi connectivity index (χ0) is 10.7. The molecule has 0 heterocycles. The number of carbonyl (C=O) groups is 2. The fourth-order valence-electron chi connectivity index (χ4n) is 1.19. The Bertz CT molecular complexity index is 382. The predicted octanol–water partition coefficient (Wildman–Crippen LogP) is 1.22. The largest absolute Gasteiger partial charge is 0.508 e. The Kier molecular flexibility index (Phi) is 2.86. The Morgan fingerprint density at radius 2 is 1.93 bits per heavy atom. The number of ketones is 1. The van der Waals surface area contributed by atoms with Crippen LogP contribution in [0.3, 0.4) is 0 Å². The number of hydrogen-bond donors (Lipinski definition) is 2. The molecular weight excluding hydrogens is 184 g/mol. The molecule has 2 N–H and O–H groups in total. The van der Waals surface area contributed by atoms with E-state index in [0.29, 0.717) is 5.56 Å². The molecule has 0 bridgehead atoms. The number of aromatic carboxylic acids is 1. The van der Waals surface area contributed by atoms with Crippen molar-refractivity contribution in [1.82, 2.24) is 0 Å². The first-order chi connectivity index (χ1) is 6.49. The first kappa shape index (κ1) is 10.2. The molecule has 1 aromatic rings. The average Bonchev–Trinajstić information content (AvgIpc) is 2.01. The minimum absolute atomic E-state index is 0.0127. The summed E-state index contributed by atoms with van der Waals surface area (Å²) in [5.41, 5.74) is 0.496. The van der Waals surface area contributed by atoms with Crippen LogP contribution >= 0.6 is 0 Å². The molecule has 1 aromatic carbocycles. The monoisotopic (exact) mass is 194 g/mol. The maximum Gasteiger partial charge on any atom is 0.335 e. The van der Waals surface area contributed by atoms with Crippen molar-refractivity contribution in [2.45, 2.75) is 13.3 Å². The van der Waals surface area contributed by atoms with Crippen molar-refractivity contribution in [2.75, 3.05) is 0 Å². The lowest BCUT2D eigenvalue weighted by molar-refractivity contribution is -0.116. The molecule has 0 aliphatic rings. The van der Waals surface area contributed by atoms with Gasteiger partial charge in [-0.05, 0) is 30.7 Å². The summed E-state index contributed by atoms with van der Waals surface area (Å²) in [6.45, 7) is 1.41. The van der Waals surface area contributed by atoms with Crippen LogP contribution in [0, 0.1) is 0 Å². The van der Waals surface area contributed by atoms with Gasteiger partial charge in [-0.25, -0.2) is 4.79 Å². The van der Waals surface area contributed by atoms with Crippen LogP contribution in [0.25, 0.3) is 0 Å². The van der Waals surface area contributed by atoms with Gasteiger partial charge >= 0.3 is 5.97 Å². The Balaban J connectivity index is 3.07. The molecule has 0 radical (unpaired) electrons. The van der Waals surface area contributed by atoms with Gasteiger partial charge in [-0.2, -0.15) is 0 Å². The van der Waals surface area contributed by atoms with E-state index in [4.69, 9.17) is 5.11 Å². The van der Waals surface area contributed by atoms with Crippen molar-refractivity contribution < 1.29 is 19.8 Å². The zero-order valence-corrected chi connectivity index (χ0v) is 7.65. The summed E-state index contributed by atoms with van der Waals surface area (Å²) in [4.78, 5) is 21.4. The van der Waals surface area contributed by atoms with Gasteiger partial charge in [0.1, 0.15) is 11.5 Å². The van der Waals surface area contributed by atoms with Crippen molar-refractivity contribution in [3.05, 3.63) is 29.3 Å². The quantitative estimate of drug-likeness (QED) is 0.758. The molecule has 74 valence electrons. The molecular formula is C10H10O4. The minimum atomic E-state index is -1.12. The summed E-state index contributed by atoms with van der Waals surface area (Å²) in [7, 11) is 0. The number of phenolic OH excluding ortho intramolecular Hbond substituents is 1. The van der Waals surface area contributed by atoms with Crippen LogP contribution in [0.2, 0.25) is 0 Å². The first-order valence-electron chi connectivity index (χ1n) is 4.04. The number of aromatic hydroxyl groups is 1. The topological polar surface area (TPSA) is 74.6 Å². The minimum Gasteiger partial charge on any atom is -0.508 e. The van der Waals surface area contributed by atoms with E-state index in [1.165, 1.54) is 19.1 Å². The Hall–Kier alpha value is -1.84. The summed E-state index contributed by atoms with van der Waals surface area (Å²) in [5, 5.41) is 17.9. The van der Waals surface area contributed by atoms with Crippen LogP contribution < -0.4 is 0 Å². The van der Waals surface area contributed by atoms with Crippen molar-refractivity contribution >= 4 is 11.8 Å². The highest BCUT2D eigenvalue weighted by atomic mass is 16.4. The number of rotatable bonds is 3. The molecule has 4 heteroatoms. The van der Waals surface area contributed by atoms with E-state index in [-0.39, 0.29) is 23.5 Å². The second kappa shape index (κ2) is 3.91. The normalized spacial score (nSPS) is 9.79. The number of carbonyl (C=O) groups excluding carboxylic acids is 1. The molecule has 4 nitrogen and oxygen atoms in total. The van der Waals surface area contributed by atoms with E-state index in [9.17, 15) is 14.7 Å². The molecule has 0 fully saturated rings. The molecule has 0 aliphatic carbocycles. The van der Waals surface area contributed by atoms with Gasteiger partial charge < -0.3 is 10.2 Å². The summed E-state index contributed by atoms with van der Waals surface area (Å²) in [6.07, 6.45) is 0.134. The van der Waals surface area contributed by atoms with Gasteiger partial charge in [0, 0.05) is 6.42 Å². The molecule has 14 heavy (non-hydrogen) atoms. The van der Waals surface area contributed by atoms with Crippen LogP contribution in [0.1, 0.15) is 22.8 Å². The van der Waals surface area contributed by atoms with Crippen LogP contribution in [0.4, 0.5) is 0 Å². The lowest BCUT2D eigenvalue weighted by Gasteiger charge is -2.01. The van der Waals surface area contributed by atoms with Crippen LogP contribution in [-0.4, -0.2) is 22.0 Å². The lowest BCUT2D eigenvalue weighted by atomic mass is 10.1. The van der Waals surface area contributed by atoms with Crippen LogP contribution in [-0.2, 0) is 11.2 Å². The van der Waals surface area contributed by atoms with E-state index < -0.39 is 5.97 Å². The van der Waals surface area contributed by atoms with Crippen LogP contribution in [0.15, 0.2) is 18.2 Å². The van der Waals surface area contributed by atoms with Crippen molar-refractivity contribution in [3.63, 3.8) is 0 Å². The summed E-state index contributed by atoms with van der Waals surface area (Å²) in [5.74, 6) is -1.33. The number of benzene rings is 1. The molecule has 0 amide bonds. The number of carboxylic acid groups (broad SMARTS) is 1. The van der Waals surface area contributed by atoms with Crippen molar-refractivity contribution in [2.24, 2.45) is 0 Å². The first-order valence-corrected chi connectivity index (χ1v) is 4.04. The van der Waals surface area contributed by atoms with Crippen LogP contribution in [0.5, 0.6) is 5.75 Å². The van der Waals surface area contributed by atoms with Gasteiger partial charge in [0.25, 0.3) is 0 Å². The Morgan fingerprint density at radius 3 is 2.43 bits per heavy atom. The fraction of sp³-hybridized carbons (Fsp3) is 0.200. The van der Waals surface area contributed by atoms with Gasteiger partial charge in [0.15, 0.2) is 0 Å². The molecule has 0 spiro atoms. The average molecular weight is 194 g/mol. The van der Waals surface area contributed by atoms with E-state index in [1.54, 1.807) is 0 Å². The molecule has 0 saturated carbocycles. The number of Topliss-reactive ketones (excluding diaryl/α,β-unsaturated/α-hetero) is 1. The molecule has 0 atom stereocenters. The smallest absolute Gasteiger partial charge is 0.335 e. The SMILES string of the molecule is CC(=O)Cc1cc(O)cc(C(=O)O)c1. The van der Waals surface area contributed by atoms with Gasteiger partial charge in [-0.3, -0.25) is 4.79 Å². The summed E-state index contributed by atoms with van der Waals surface area (Å²) in [6, 6.07) is 3.91. The third-order valence-corrected chi connectivity index (χ3v) is 1.68. The van der Waals surface area contributed by atoms with E-state index in [0.717, 1.165) is 6.07 Å². The van der Waals surface area contributed by atoms with Gasteiger partial charge in [-0.1, -0.05) is 0 Å². The summed E-state index contributed by atoms with van der Waals surface area (Å²) >= 11 is 0. The molecule has 0 unspecified atom stereocenters. The second-order valence-electron chi connectivity index (χ2n) is 3.07.